The summed E-state index contributed by atoms with van der Waals surface area (Å²) < 4.78 is 0. The second-order valence-corrected chi connectivity index (χ2v) is 10.7. The molecule has 1 saturated heterocycles. The number of carbonyl (C=O) groups excluding carboxylic acids is 2. The Morgan fingerprint density at radius 1 is 0.853 bits per heavy atom. The lowest BCUT2D eigenvalue weighted by Crippen LogP contribution is -2.55. The Hall–Kier alpha value is -2.66. The maximum absolute atomic E-state index is 14.3. The third-order valence-corrected chi connectivity index (χ3v) is 8.43. The van der Waals surface area contributed by atoms with E-state index in [4.69, 9.17) is 0 Å². The molecule has 2 heterocycles. The lowest BCUT2D eigenvalue weighted by atomic mass is 9.78. The summed E-state index contributed by atoms with van der Waals surface area (Å²) >= 11 is 0. The van der Waals surface area contributed by atoms with E-state index < -0.39 is 0 Å². The van der Waals surface area contributed by atoms with Crippen molar-refractivity contribution in [2.75, 3.05) is 26.2 Å². The van der Waals surface area contributed by atoms with Gasteiger partial charge in [-0.05, 0) is 49.8 Å². The minimum atomic E-state index is -0.352. The number of aryl methyl sites for hydroxylation is 1. The van der Waals surface area contributed by atoms with Crippen LogP contribution < -0.4 is 0 Å². The molecular formula is C29H35N3O2. The molecule has 3 fully saturated rings. The predicted octanol–water partition coefficient (Wildman–Crippen LogP) is 4.52. The lowest BCUT2D eigenvalue weighted by Gasteiger charge is -2.45. The van der Waals surface area contributed by atoms with E-state index in [0.717, 1.165) is 55.7 Å². The highest BCUT2D eigenvalue weighted by molar-refractivity contribution is 6.01. The zero-order valence-electron chi connectivity index (χ0n) is 20.2. The molecular weight excluding hydrogens is 422 g/mol. The molecule has 0 aromatic heterocycles. The number of hydrogen-bond acceptors (Lipinski definition) is 3. The fourth-order valence-corrected chi connectivity index (χ4v) is 6.55. The molecule has 0 radical (unpaired) electrons. The van der Waals surface area contributed by atoms with Crippen molar-refractivity contribution in [3.05, 3.63) is 70.8 Å². The van der Waals surface area contributed by atoms with Crippen LogP contribution in [0.2, 0.25) is 0 Å². The van der Waals surface area contributed by atoms with Crippen LogP contribution in [0.25, 0.3) is 0 Å². The summed E-state index contributed by atoms with van der Waals surface area (Å²) in [7, 11) is 0. The molecule has 2 aromatic rings. The summed E-state index contributed by atoms with van der Waals surface area (Å²) in [5.74, 6) is -0.0859. The number of rotatable bonds is 4. The number of amides is 2. The summed E-state index contributed by atoms with van der Waals surface area (Å²) in [5.41, 5.74) is 3.86. The van der Waals surface area contributed by atoms with Gasteiger partial charge in [-0.25, -0.2) is 0 Å². The van der Waals surface area contributed by atoms with Crippen molar-refractivity contribution in [1.82, 2.24) is 14.7 Å². The van der Waals surface area contributed by atoms with Gasteiger partial charge in [0, 0.05) is 43.8 Å². The Morgan fingerprint density at radius 3 is 2.29 bits per heavy atom. The van der Waals surface area contributed by atoms with Crippen LogP contribution in [0.15, 0.2) is 48.5 Å². The molecule has 2 aliphatic carbocycles. The van der Waals surface area contributed by atoms with E-state index in [-0.39, 0.29) is 29.8 Å². The highest BCUT2D eigenvalue weighted by Gasteiger charge is 2.50. The van der Waals surface area contributed by atoms with Crippen molar-refractivity contribution in [2.24, 2.45) is 0 Å². The van der Waals surface area contributed by atoms with Gasteiger partial charge < -0.3 is 9.80 Å². The molecule has 5 nitrogen and oxygen atoms in total. The number of fused-ring (bicyclic) bond motifs is 1. The number of nitrogens with zero attached hydrogens (tertiary/aromatic N) is 3. The van der Waals surface area contributed by atoms with Crippen LogP contribution >= 0.6 is 0 Å². The molecule has 0 bridgehead atoms. The van der Waals surface area contributed by atoms with Gasteiger partial charge in [0.25, 0.3) is 5.91 Å². The maximum atomic E-state index is 14.3. The molecule has 5 heteroatoms. The molecule has 0 N–H and O–H groups in total. The van der Waals surface area contributed by atoms with Crippen LogP contribution in [-0.4, -0.2) is 64.8 Å². The monoisotopic (exact) mass is 457 g/mol. The molecule has 6 rings (SSSR count). The number of hydrogen-bond donors (Lipinski definition) is 0. The van der Waals surface area contributed by atoms with Crippen molar-refractivity contribution in [3.8, 4) is 0 Å². The van der Waals surface area contributed by atoms with E-state index in [1.807, 2.05) is 24.3 Å². The molecule has 2 unspecified atom stereocenters. The number of benzene rings is 2. The molecule has 2 atom stereocenters. The molecule has 178 valence electrons. The highest BCUT2D eigenvalue weighted by Crippen LogP contribution is 2.48. The van der Waals surface area contributed by atoms with Gasteiger partial charge in [-0.1, -0.05) is 60.9 Å². The van der Waals surface area contributed by atoms with Crippen LogP contribution in [-0.2, 0) is 4.79 Å². The fraction of sp³-hybridized carbons (Fsp3) is 0.517. The molecule has 4 aliphatic rings. The van der Waals surface area contributed by atoms with Gasteiger partial charge in [-0.15, -0.1) is 0 Å². The zero-order valence-corrected chi connectivity index (χ0v) is 20.2. The van der Waals surface area contributed by atoms with Gasteiger partial charge in [0.05, 0.1) is 12.0 Å². The van der Waals surface area contributed by atoms with Gasteiger partial charge >= 0.3 is 0 Å². The summed E-state index contributed by atoms with van der Waals surface area (Å²) in [6, 6.07) is 16.9. The molecule has 2 aliphatic heterocycles. The smallest absolute Gasteiger partial charge is 0.254 e. The van der Waals surface area contributed by atoms with Crippen molar-refractivity contribution in [1.29, 1.82) is 0 Å². The molecule has 34 heavy (non-hydrogen) atoms. The van der Waals surface area contributed by atoms with Crippen LogP contribution in [0.1, 0.15) is 77.5 Å². The third kappa shape index (κ3) is 3.84. The van der Waals surface area contributed by atoms with Crippen LogP contribution in [0.3, 0.4) is 0 Å². The van der Waals surface area contributed by atoms with E-state index >= 15 is 0 Å². The zero-order chi connectivity index (χ0) is 23.2. The van der Waals surface area contributed by atoms with Crippen LogP contribution in [0, 0.1) is 6.92 Å². The van der Waals surface area contributed by atoms with Crippen molar-refractivity contribution < 1.29 is 9.59 Å². The first-order chi connectivity index (χ1) is 16.6. The topological polar surface area (TPSA) is 43.9 Å². The van der Waals surface area contributed by atoms with Crippen molar-refractivity contribution in [3.63, 3.8) is 0 Å². The Labute approximate surface area is 202 Å². The van der Waals surface area contributed by atoms with E-state index in [1.165, 1.54) is 25.7 Å². The van der Waals surface area contributed by atoms with E-state index in [2.05, 4.69) is 45.9 Å². The SMILES string of the molecule is Cc1cccc(C2C(C(=O)N3CCN(C4CCCC4)CC3)c3ccccc3C(=O)N2C2CC2)c1. The number of piperazine rings is 1. The standard InChI is InChI=1S/C29H35N3O2/c1-20-7-6-8-21(19-20)27-26(24-11-4-5-12-25(24)28(33)32(27)23-13-14-23)29(34)31-17-15-30(16-18-31)22-9-2-3-10-22/h4-8,11-12,19,22-23,26-27H,2-3,9-10,13-18H2,1H3. The van der Waals surface area contributed by atoms with Crippen LogP contribution in [0.5, 0.6) is 0 Å². The Balaban J connectivity index is 1.36. The first-order valence-corrected chi connectivity index (χ1v) is 13.1. The fourth-order valence-electron chi connectivity index (χ4n) is 6.55. The van der Waals surface area contributed by atoms with E-state index in [0.29, 0.717) is 11.6 Å². The predicted molar refractivity (Wildman–Crippen MR) is 133 cm³/mol. The normalized spacial score (nSPS) is 26.1. The second-order valence-electron chi connectivity index (χ2n) is 10.7. The van der Waals surface area contributed by atoms with Gasteiger partial charge in [-0.3, -0.25) is 14.5 Å². The lowest BCUT2D eigenvalue weighted by molar-refractivity contribution is -0.136. The summed E-state index contributed by atoms with van der Waals surface area (Å²) in [4.78, 5) is 34.7. The number of carbonyl (C=O) groups is 2. The minimum Gasteiger partial charge on any atom is -0.340 e. The Bertz CT molecular complexity index is 1080. The molecule has 0 spiro atoms. The molecule has 2 saturated carbocycles. The first-order valence-electron chi connectivity index (χ1n) is 13.1. The van der Waals surface area contributed by atoms with Gasteiger partial charge in [0.15, 0.2) is 0 Å². The largest absolute Gasteiger partial charge is 0.340 e. The third-order valence-electron chi connectivity index (χ3n) is 8.43. The maximum Gasteiger partial charge on any atom is 0.254 e. The summed E-state index contributed by atoms with van der Waals surface area (Å²) in [6.45, 7) is 5.58. The molecule has 2 amide bonds. The van der Waals surface area contributed by atoms with Gasteiger partial charge in [0.2, 0.25) is 5.91 Å². The van der Waals surface area contributed by atoms with Gasteiger partial charge in [-0.2, -0.15) is 0 Å². The summed E-state index contributed by atoms with van der Waals surface area (Å²) in [5, 5.41) is 0. The quantitative estimate of drug-likeness (QED) is 0.678. The second kappa shape index (κ2) is 8.84. The van der Waals surface area contributed by atoms with Crippen LogP contribution in [0.4, 0.5) is 0 Å². The van der Waals surface area contributed by atoms with E-state index in [9.17, 15) is 9.59 Å². The highest BCUT2D eigenvalue weighted by atomic mass is 16.2. The minimum absolute atomic E-state index is 0.0831. The van der Waals surface area contributed by atoms with Crippen molar-refractivity contribution in [2.45, 2.75) is 69.5 Å². The molecule has 2 aromatic carbocycles. The first kappa shape index (κ1) is 21.8. The van der Waals surface area contributed by atoms with Crippen molar-refractivity contribution >= 4 is 11.8 Å². The van der Waals surface area contributed by atoms with Gasteiger partial charge in [0.1, 0.15) is 0 Å². The Morgan fingerprint density at radius 2 is 1.59 bits per heavy atom. The average molecular weight is 458 g/mol. The van der Waals surface area contributed by atoms with E-state index in [1.54, 1.807) is 0 Å². The summed E-state index contributed by atoms with van der Waals surface area (Å²) in [6.07, 6.45) is 7.34. The Kier molecular flexibility index (Phi) is 5.68. The average Bonchev–Trinajstić information content (AvgIpc) is 3.55.